The third-order valence-electron chi connectivity index (χ3n) is 5.81. The van der Waals surface area contributed by atoms with E-state index in [4.69, 9.17) is 11.6 Å². The number of hydrogen-bond acceptors (Lipinski definition) is 0. The van der Waals surface area contributed by atoms with Crippen LogP contribution in [0, 0.1) is 5.41 Å². The Hall–Kier alpha value is -1.27. The van der Waals surface area contributed by atoms with Gasteiger partial charge in [-0.2, -0.15) is 0 Å². The lowest BCUT2D eigenvalue weighted by Gasteiger charge is -2.28. The Bertz CT molecular complexity index is 642. The second-order valence-corrected chi connectivity index (χ2v) is 7.69. The summed E-state index contributed by atoms with van der Waals surface area (Å²) in [6.07, 6.45) is 9.62. The van der Waals surface area contributed by atoms with Crippen LogP contribution >= 0.6 is 11.6 Å². The molecule has 114 valence electrons. The summed E-state index contributed by atoms with van der Waals surface area (Å²) in [6.45, 7) is 0. The maximum atomic E-state index is 6.26. The van der Waals surface area contributed by atoms with Crippen LogP contribution in [0.25, 0.3) is 0 Å². The second kappa shape index (κ2) is 5.74. The summed E-state index contributed by atoms with van der Waals surface area (Å²) in [5.41, 5.74) is 4.90. The van der Waals surface area contributed by atoms with Crippen LogP contribution in [0.1, 0.15) is 61.1 Å². The van der Waals surface area contributed by atoms with Gasteiger partial charge in [-0.3, -0.25) is 0 Å². The van der Waals surface area contributed by atoms with Gasteiger partial charge >= 0.3 is 0 Å². The summed E-state index contributed by atoms with van der Waals surface area (Å²) >= 11 is 6.26. The summed E-state index contributed by atoms with van der Waals surface area (Å²) in [4.78, 5) is 0. The van der Waals surface area contributed by atoms with Crippen LogP contribution in [-0.4, -0.2) is 0 Å². The minimum atomic E-state index is 0.792. The lowest BCUT2D eigenvalue weighted by atomic mass is 9.77. The normalized spacial score (nSPS) is 20.2. The van der Waals surface area contributed by atoms with Gasteiger partial charge < -0.3 is 0 Å². The molecule has 2 saturated carbocycles. The zero-order chi connectivity index (χ0) is 15.0. The van der Waals surface area contributed by atoms with Crippen LogP contribution in [0.2, 0.25) is 5.02 Å². The maximum Gasteiger partial charge on any atom is 0.0441 e. The average Bonchev–Trinajstić information content (AvgIpc) is 3.31. The monoisotopic (exact) mass is 310 g/mol. The molecule has 0 N–H and O–H groups in total. The second-order valence-electron chi connectivity index (χ2n) is 7.28. The third kappa shape index (κ3) is 2.94. The van der Waals surface area contributed by atoms with Crippen molar-refractivity contribution in [1.82, 2.24) is 0 Å². The molecular formula is C21H23Cl. The Kier molecular flexibility index (Phi) is 3.74. The summed E-state index contributed by atoms with van der Waals surface area (Å²) in [6, 6.07) is 17.4. The van der Waals surface area contributed by atoms with Crippen molar-refractivity contribution in [3.63, 3.8) is 0 Å². The van der Waals surface area contributed by atoms with Gasteiger partial charge in [-0.1, -0.05) is 54.1 Å². The van der Waals surface area contributed by atoms with Crippen molar-refractivity contribution in [3.8, 4) is 0 Å². The average molecular weight is 311 g/mol. The van der Waals surface area contributed by atoms with Crippen molar-refractivity contribution in [2.75, 3.05) is 0 Å². The molecule has 0 unspecified atom stereocenters. The maximum absolute atomic E-state index is 6.26. The Morgan fingerprint density at radius 3 is 2.18 bits per heavy atom. The highest BCUT2D eigenvalue weighted by atomic mass is 35.5. The zero-order valence-corrected chi connectivity index (χ0v) is 13.8. The fraction of sp³-hybridized carbons (Fsp3) is 0.429. The van der Waals surface area contributed by atoms with E-state index in [-0.39, 0.29) is 0 Å². The first-order chi connectivity index (χ1) is 10.7. The van der Waals surface area contributed by atoms with E-state index in [2.05, 4.69) is 36.4 Å². The van der Waals surface area contributed by atoms with Gasteiger partial charge in [0.25, 0.3) is 0 Å². The first kappa shape index (κ1) is 14.3. The van der Waals surface area contributed by atoms with Gasteiger partial charge in [0.15, 0.2) is 0 Å². The molecular weight excluding hydrogens is 288 g/mol. The molecule has 2 aliphatic carbocycles. The molecule has 2 aromatic rings. The van der Waals surface area contributed by atoms with E-state index >= 15 is 0 Å². The van der Waals surface area contributed by atoms with Gasteiger partial charge in [-0.25, -0.2) is 0 Å². The fourth-order valence-corrected chi connectivity index (χ4v) is 4.21. The lowest BCUT2D eigenvalue weighted by molar-refractivity contribution is 0.306. The van der Waals surface area contributed by atoms with Crippen molar-refractivity contribution in [2.45, 2.75) is 50.9 Å². The lowest BCUT2D eigenvalue weighted by Crippen LogP contribution is -2.13. The van der Waals surface area contributed by atoms with Crippen molar-refractivity contribution in [1.29, 1.82) is 0 Å². The number of benzene rings is 2. The van der Waals surface area contributed by atoms with E-state index < -0.39 is 0 Å². The predicted molar refractivity (Wildman–Crippen MR) is 93.6 cm³/mol. The molecule has 2 fully saturated rings. The van der Waals surface area contributed by atoms with Crippen molar-refractivity contribution >= 4 is 11.6 Å². The Morgan fingerprint density at radius 2 is 1.55 bits per heavy atom. The topological polar surface area (TPSA) is 0 Å². The molecule has 0 aromatic heterocycles. The van der Waals surface area contributed by atoms with E-state index in [1.54, 1.807) is 5.56 Å². The van der Waals surface area contributed by atoms with Crippen LogP contribution in [0.15, 0.2) is 48.5 Å². The minimum absolute atomic E-state index is 0.792. The molecule has 1 heteroatoms. The molecule has 0 saturated heterocycles. The van der Waals surface area contributed by atoms with Crippen molar-refractivity contribution in [3.05, 3.63) is 70.2 Å². The first-order valence-corrected chi connectivity index (χ1v) is 8.94. The third-order valence-corrected chi connectivity index (χ3v) is 6.18. The van der Waals surface area contributed by atoms with Crippen LogP contribution in [0.4, 0.5) is 0 Å². The van der Waals surface area contributed by atoms with Gasteiger partial charge in [-0.15, -0.1) is 0 Å². The van der Waals surface area contributed by atoms with Gasteiger partial charge in [0.2, 0.25) is 0 Å². The van der Waals surface area contributed by atoms with Gasteiger partial charge in [0.05, 0.1) is 0 Å². The highest BCUT2D eigenvalue weighted by Crippen LogP contribution is 2.58. The summed E-state index contributed by atoms with van der Waals surface area (Å²) in [5, 5.41) is 0.869. The quantitative estimate of drug-likeness (QED) is 0.618. The summed E-state index contributed by atoms with van der Waals surface area (Å²) < 4.78 is 0. The number of hydrogen-bond donors (Lipinski definition) is 0. The van der Waals surface area contributed by atoms with Gasteiger partial charge in [-0.05, 0) is 79.0 Å². The minimum Gasteiger partial charge on any atom is -0.0840 e. The van der Waals surface area contributed by atoms with Crippen LogP contribution in [0.5, 0.6) is 0 Å². The molecule has 0 aliphatic heterocycles. The molecule has 0 bridgehead atoms. The van der Waals surface area contributed by atoms with E-state index in [9.17, 15) is 0 Å². The SMILES string of the molecule is Clc1ccccc1Cc1ccc(C2CCC3(CC2)CC3)cc1. The van der Waals surface area contributed by atoms with Crippen LogP contribution in [0.3, 0.4) is 0 Å². The summed E-state index contributed by atoms with van der Waals surface area (Å²) in [5.74, 6) is 0.792. The smallest absolute Gasteiger partial charge is 0.0441 e. The number of rotatable bonds is 3. The molecule has 0 nitrogen and oxygen atoms in total. The standard InChI is InChI=1S/C21H23Cl/c22-20-4-2-1-3-19(20)15-16-5-7-17(8-6-16)18-9-11-21(12-10-18)13-14-21/h1-8,18H,9-15H2. The first-order valence-electron chi connectivity index (χ1n) is 8.56. The highest BCUT2D eigenvalue weighted by Gasteiger charge is 2.44. The van der Waals surface area contributed by atoms with E-state index in [1.165, 1.54) is 49.7 Å². The molecule has 2 aliphatic rings. The van der Waals surface area contributed by atoms with Crippen molar-refractivity contribution < 1.29 is 0 Å². The van der Waals surface area contributed by atoms with E-state index in [0.29, 0.717) is 0 Å². The molecule has 4 rings (SSSR count). The molecule has 0 heterocycles. The molecule has 1 spiro atoms. The number of halogens is 1. The van der Waals surface area contributed by atoms with E-state index in [1.807, 2.05) is 12.1 Å². The van der Waals surface area contributed by atoms with E-state index in [0.717, 1.165) is 22.8 Å². The molecule has 2 aromatic carbocycles. The van der Waals surface area contributed by atoms with Gasteiger partial charge in [0, 0.05) is 5.02 Å². The zero-order valence-electron chi connectivity index (χ0n) is 13.0. The Morgan fingerprint density at radius 1 is 0.864 bits per heavy atom. The molecule has 0 radical (unpaired) electrons. The fourth-order valence-electron chi connectivity index (χ4n) is 4.01. The predicted octanol–water partition coefficient (Wildman–Crippen LogP) is 6.37. The van der Waals surface area contributed by atoms with Crippen LogP contribution in [-0.2, 0) is 6.42 Å². The highest BCUT2D eigenvalue weighted by molar-refractivity contribution is 6.31. The van der Waals surface area contributed by atoms with Gasteiger partial charge in [0.1, 0.15) is 0 Å². The van der Waals surface area contributed by atoms with Crippen LogP contribution < -0.4 is 0 Å². The Labute approximate surface area is 138 Å². The molecule has 0 amide bonds. The van der Waals surface area contributed by atoms with Crippen molar-refractivity contribution in [2.24, 2.45) is 5.41 Å². The molecule has 0 atom stereocenters. The summed E-state index contributed by atoms with van der Waals surface area (Å²) in [7, 11) is 0. The Balaban J connectivity index is 1.43. The largest absolute Gasteiger partial charge is 0.0840 e. The molecule has 22 heavy (non-hydrogen) atoms.